The Morgan fingerprint density at radius 3 is 2.78 bits per heavy atom. The highest BCUT2D eigenvalue weighted by molar-refractivity contribution is 14.0. The van der Waals surface area contributed by atoms with Gasteiger partial charge in [0.15, 0.2) is 5.96 Å². The molecular formula is C15H19FIN5O. The molecule has 23 heavy (non-hydrogen) atoms. The van der Waals surface area contributed by atoms with Crippen molar-refractivity contribution >= 4 is 29.9 Å². The zero-order valence-corrected chi connectivity index (χ0v) is 14.9. The largest absolute Gasteiger partial charge is 0.378 e. The first kappa shape index (κ1) is 17.7. The van der Waals surface area contributed by atoms with Crippen LogP contribution in [0.2, 0.25) is 0 Å². The number of hydrogen-bond acceptors (Lipinski definition) is 3. The molecule has 1 aromatic carbocycles. The molecule has 2 aromatic rings. The van der Waals surface area contributed by atoms with Crippen LogP contribution in [0.15, 0.2) is 41.9 Å². The second kappa shape index (κ2) is 8.25. The Hall–Kier alpha value is -1.68. The van der Waals surface area contributed by atoms with Crippen LogP contribution in [0.5, 0.6) is 0 Å². The van der Waals surface area contributed by atoms with E-state index in [1.165, 1.54) is 6.07 Å². The molecule has 124 valence electrons. The highest BCUT2D eigenvalue weighted by atomic mass is 127. The molecule has 0 radical (unpaired) electrons. The zero-order valence-electron chi connectivity index (χ0n) is 12.6. The van der Waals surface area contributed by atoms with Crippen LogP contribution >= 0.6 is 24.0 Å². The second-order valence-electron chi connectivity index (χ2n) is 5.03. The minimum absolute atomic E-state index is 0. The summed E-state index contributed by atoms with van der Waals surface area (Å²) in [4.78, 5) is 10.2. The van der Waals surface area contributed by atoms with Crippen LogP contribution in [-0.2, 0) is 11.3 Å². The standard InChI is InChI=1S/C15H18FN5O.HI/c16-13-9-12(1-2-14(13)21-4-3-18-11-21)10-19-15(17)20-5-7-22-8-6-20;/h1-4,9,11H,5-8,10H2,(H2,17,19);1H. The number of rotatable bonds is 3. The van der Waals surface area contributed by atoms with Crippen LogP contribution in [0.4, 0.5) is 4.39 Å². The number of nitrogens with zero attached hydrogens (tertiary/aromatic N) is 4. The summed E-state index contributed by atoms with van der Waals surface area (Å²) in [6.07, 6.45) is 4.87. The number of nitrogens with two attached hydrogens (primary N) is 1. The van der Waals surface area contributed by atoms with Gasteiger partial charge >= 0.3 is 0 Å². The zero-order chi connectivity index (χ0) is 15.4. The lowest BCUT2D eigenvalue weighted by Crippen LogP contribution is -2.44. The summed E-state index contributed by atoms with van der Waals surface area (Å²) in [5, 5.41) is 0. The third kappa shape index (κ3) is 4.41. The van der Waals surface area contributed by atoms with Gasteiger partial charge in [-0.05, 0) is 17.7 Å². The third-order valence-electron chi connectivity index (χ3n) is 3.55. The molecular weight excluding hydrogens is 412 g/mol. The van der Waals surface area contributed by atoms with Crippen molar-refractivity contribution < 1.29 is 9.13 Å². The maximum Gasteiger partial charge on any atom is 0.191 e. The van der Waals surface area contributed by atoms with Crippen molar-refractivity contribution in [2.45, 2.75) is 6.54 Å². The Kier molecular flexibility index (Phi) is 6.34. The molecule has 6 nitrogen and oxygen atoms in total. The predicted molar refractivity (Wildman–Crippen MR) is 96.7 cm³/mol. The molecule has 0 atom stereocenters. The molecule has 0 unspecified atom stereocenters. The molecule has 0 amide bonds. The quantitative estimate of drug-likeness (QED) is 0.457. The lowest BCUT2D eigenvalue weighted by atomic mass is 10.2. The number of benzene rings is 1. The van der Waals surface area contributed by atoms with Crippen LogP contribution in [0, 0.1) is 5.82 Å². The number of morpholine rings is 1. The SMILES string of the molecule is I.NC(=NCc1ccc(-n2ccnc2)c(F)c1)N1CCOCC1. The molecule has 1 fully saturated rings. The first-order chi connectivity index (χ1) is 10.7. The van der Waals surface area contributed by atoms with E-state index in [1.54, 1.807) is 29.4 Å². The van der Waals surface area contributed by atoms with Gasteiger partial charge in [-0.15, -0.1) is 24.0 Å². The number of halogens is 2. The molecule has 1 saturated heterocycles. The van der Waals surface area contributed by atoms with Crippen LogP contribution < -0.4 is 5.73 Å². The van der Waals surface area contributed by atoms with Gasteiger partial charge in [0.05, 0.1) is 31.8 Å². The molecule has 2 N–H and O–H groups in total. The van der Waals surface area contributed by atoms with Crippen LogP contribution in [0.3, 0.4) is 0 Å². The first-order valence-electron chi connectivity index (χ1n) is 7.13. The average Bonchev–Trinajstić information content (AvgIpc) is 3.07. The number of imidazole rings is 1. The van der Waals surface area contributed by atoms with E-state index >= 15 is 0 Å². The molecule has 0 aliphatic carbocycles. The average molecular weight is 431 g/mol. The number of guanidine groups is 1. The molecule has 8 heteroatoms. The Morgan fingerprint density at radius 2 is 2.13 bits per heavy atom. The monoisotopic (exact) mass is 431 g/mol. The van der Waals surface area contributed by atoms with E-state index in [4.69, 9.17) is 10.5 Å². The molecule has 0 spiro atoms. The topological polar surface area (TPSA) is 68.7 Å². The van der Waals surface area contributed by atoms with Gasteiger partial charge in [-0.25, -0.2) is 14.4 Å². The van der Waals surface area contributed by atoms with Gasteiger partial charge in [0, 0.05) is 25.5 Å². The van der Waals surface area contributed by atoms with Gasteiger partial charge < -0.3 is 19.9 Å². The number of aromatic nitrogens is 2. The van der Waals surface area contributed by atoms with Gasteiger partial charge in [0.25, 0.3) is 0 Å². The fourth-order valence-corrected chi connectivity index (χ4v) is 2.32. The summed E-state index contributed by atoms with van der Waals surface area (Å²) in [6.45, 7) is 3.14. The van der Waals surface area contributed by atoms with Crippen molar-refractivity contribution in [3.63, 3.8) is 0 Å². The van der Waals surface area contributed by atoms with E-state index < -0.39 is 0 Å². The fourth-order valence-electron chi connectivity index (χ4n) is 2.32. The van der Waals surface area contributed by atoms with Crippen molar-refractivity contribution in [2.24, 2.45) is 10.7 Å². The smallest absolute Gasteiger partial charge is 0.191 e. The van der Waals surface area contributed by atoms with Gasteiger partial charge in [-0.2, -0.15) is 0 Å². The maximum atomic E-state index is 14.1. The summed E-state index contributed by atoms with van der Waals surface area (Å²) in [7, 11) is 0. The predicted octanol–water partition coefficient (Wildman–Crippen LogP) is 1.78. The summed E-state index contributed by atoms with van der Waals surface area (Å²) in [5.74, 6) is 0.165. The Morgan fingerprint density at radius 1 is 1.35 bits per heavy atom. The van der Waals surface area contributed by atoms with E-state index in [2.05, 4.69) is 9.98 Å². The van der Waals surface area contributed by atoms with Crippen LogP contribution in [0.1, 0.15) is 5.56 Å². The molecule has 3 rings (SSSR count). The fraction of sp³-hybridized carbons (Fsp3) is 0.333. The van der Waals surface area contributed by atoms with E-state index in [-0.39, 0.29) is 29.8 Å². The van der Waals surface area contributed by atoms with E-state index in [1.807, 2.05) is 11.0 Å². The Balaban J connectivity index is 0.00000192. The number of hydrogen-bond donors (Lipinski definition) is 1. The van der Waals surface area contributed by atoms with Crippen LogP contribution in [0.25, 0.3) is 5.69 Å². The summed E-state index contributed by atoms with van der Waals surface area (Å²) < 4.78 is 21.0. The van der Waals surface area contributed by atoms with Crippen LogP contribution in [-0.4, -0.2) is 46.7 Å². The molecule has 0 saturated carbocycles. The highest BCUT2D eigenvalue weighted by Crippen LogP contribution is 2.15. The number of aliphatic imine (C=N–C) groups is 1. The Labute approximate surface area is 151 Å². The summed E-state index contributed by atoms with van der Waals surface area (Å²) >= 11 is 0. The van der Waals surface area contributed by atoms with Gasteiger partial charge in [-0.1, -0.05) is 6.07 Å². The second-order valence-corrected chi connectivity index (χ2v) is 5.03. The molecule has 1 aromatic heterocycles. The van der Waals surface area contributed by atoms with Gasteiger partial charge in [0.1, 0.15) is 5.82 Å². The van der Waals surface area contributed by atoms with Crippen molar-refractivity contribution in [1.29, 1.82) is 0 Å². The van der Waals surface area contributed by atoms with Crippen molar-refractivity contribution in [3.05, 3.63) is 48.3 Å². The minimum Gasteiger partial charge on any atom is -0.378 e. The minimum atomic E-state index is -0.310. The van der Waals surface area contributed by atoms with E-state index in [9.17, 15) is 4.39 Å². The van der Waals surface area contributed by atoms with Gasteiger partial charge in [0.2, 0.25) is 0 Å². The summed E-state index contributed by atoms with van der Waals surface area (Å²) in [5.41, 5.74) is 7.20. The van der Waals surface area contributed by atoms with Gasteiger partial charge in [-0.3, -0.25) is 0 Å². The lowest BCUT2D eigenvalue weighted by Gasteiger charge is -2.27. The lowest BCUT2D eigenvalue weighted by molar-refractivity contribution is 0.0674. The maximum absolute atomic E-state index is 14.1. The molecule has 2 heterocycles. The van der Waals surface area contributed by atoms with E-state index in [0.717, 1.165) is 18.7 Å². The summed E-state index contributed by atoms with van der Waals surface area (Å²) in [6, 6.07) is 5.03. The molecule has 1 aliphatic rings. The number of ether oxygens (including phenoxy) is 1. The first-order valence-corrected chi connectivity index (χ1v) is 7.13. The molecule has 0 bridgehead atoms. The van der Waals surface area contributed by atoms with Crippen molar-refractivity contribution in [2.75, 3.05) is 26.3 Å². The normalized spacial score (nSPS) is 15.3. The highest BCUT2D eigenvalue weighted by Gasteiger charge is 2.12. The Bertz CT molecular complexity index is 656. The van der Waals surface area contributed by atoms with Crippen molar-refractivity contribution in [3.8, 4) is 5.69 Å². The van der Waals surface area contributed by atoms with E-state index in [0.29, 0.717) is 31.4 Å². The van der Waals surface area contributed by atoms with Crippen molar-refractivity contribution in [1.82, 2.24) is 14.5 Å². The molecule has 1 aliphatic heterocycles. The third-order valence-corrected chi connectivity index (χ3v) is 3.55.